The predicted octanol–water partition coefficient (Wildman–Crippen LogP) is 4.16. The molecule has 6 nitrogen and oxygen atoms in total. The highest BCUT2D eigenvalue weighted by Crippen LogP contribution is 2.32. The van der Waals surface area contributed by atoms with Crippen LogP contribution in [0.15, 0.2) is 65.3 Å². The first kappa shape index (κ1) is 18.1. The van der Waals surface area contributed by atoms with Gasteiger partial charge in [-0.2, -0.15) is 5.10 Å². The van der Waals surface area contributed by atoms with Crippen molar-refractivity contribution in [3.8, 4) is 11.5 Å². The number of aliphatic hydroxyl groups is 1. The first-order valence-corrected chi connectivity index (χ1v) is 10.1. The number of benzene rings is 1. The van der Waals surface area contributed by atoms with Crippen molar-refractivity contribution in [1.29, 1.82) is 0 Å². The lowest BCUT2D eigenvalue weighted by atomic mass is 9.89. The summed E-state index contributed by atoms with van der Waals surface area (Å²) in [6.07, 6.45) is 5.05. The number of aliphatic hydroxyl groups excluding tert-OH is 1. The van der Waals surface area contributed by atoms with Gasteiger partial charge in [0.05, 0.1) is 18.0 Å². The molecule has 6 heteroatoms. The van der Waals surface area contributed by atoms with E-state index >= 15 is 0 Å². The van der Waals surface area contributed by atoms with Crippen LogP contribution in [-0.4, -0.2) is 38.3 Å². The van der Waals surface area contributed by atoms with E-state index in [-0.39, 0.29) is 5.92 Å². The smallest absolute Gasteiger partial charge is 0.153 e. The number of nitrogens with one attached hydrogen (secondary N) is 1. The van der Waals surface area contributed by atoms with Crippen LogP contribution < -0.4 is 0 Å². The van der Waals surface area contributed by atoms with Gasteiger partial charge in [0, 0.05) is 23.7 Å². The number of aromatic amines is 1. The molecule has 5 rings (SSSR count). The average molecular weight is 388 g/mol. The summed E-state index contributed by atoms with van der Waals surface area (Å²) >= 11 is 0. The molecule has 0 unspecified atom stereocenters. The van der Waals surface area contributed by atoms with Gasteiger partial charge in [-0.3, -0.25) is 15.0 Å². The first-order chi connectivity index (χ1) is 14.3. The second kappa shape index (κ2) is 7.81. The molecule has 0 bridgehead atoms. The number of hydrogen-bond acceptors (Lipinski definition) is 5. The van der Waals surface area contributed by atoms with Crippen molar-refractivity contribution in [3.05, 3.63) is 72.2 Å². The number of H-pyrrole nitrogens is 1. The highest BCUT2D eigenvalue weighted by Gasteiger charge is 2.27. The molecule has 0 saturated carbocycles. The maximum atomic E-state index is 10.6. The predicted molar refractivity (Wildman–Crippen MR) is 111 cm³/mol. The van der Waals surface area contributed by atoms with Crippen LogP contribution in [0.4, 0.5) is 0 Å². The lowest BCUT2D eigenvalue weighted by molar-refractivity contribution is 0.0540. The zero-order chi connectivity index (χ0) is 19.6. The molecule has 4 aromatic rings. The van der Waals surface area contributed by atoms with Crippen LogP contribution >= 0.6 is 0 Å². The standard InChI is InChI=1S/C23H24N4O2/c28-23(19-6-3-4-10-24-19)16-8-11-27(12-9-16)15-18-14-25-26-22(18)21-13-17-5-1-2-7-20(17)29-21/h1-7,10,13-14,16,23,28H,8-9,11-12,15H2,(H,25,26)/t23-/m1/s1. The highest BCUT2D eigenvalue weighted by molar-refractivity contribution is 5.82. The zero-order valence-corrected chi connectivity index (χ0v) is 16.2. The molecular weight excluding hydrogens is 364 g/mol. The van der Waals surface area contributed by atoms with Crippen LogP contribution in [0, 0.1) is 5.92 Å². The van der Waals surface area contributed by atoms with E-state index in [1.54, 1.807) is 6.20 Å². The normalized spacial score (nSPS) is 17.0. The number of nitrogens with zero attached hydrogens (tertiary/aromatic N) is 3. The van der Waals surface area contributed by atoms with Crippen molar-refractivity contribution in [1.82, 2.24) is 20.1 Å². The molecule has 0 amide bonds. The molecule has 0 spiro atoms. The lowest BCUT2D eigenvalue weighted by Crippen LogP contribution is -2.35. The van der Waals surface area contributed by atoms with E-state index in [1.807, 2.05) is 42.6 Å². The number of likely N-dealkylation sites (tertiary alicyclic amines) is 1. The van der Waals surface area contributed by atoms with Crippen molar-refractivity contribution in [2.24, 2.45) is 5.92 Å². The highest BCUT2D eigenvalue weighted by atomic mass is 16.3. The molecule has 148 valence electrons. The molecule has 1 aliphatic heterocycles. The van der Waals surface area contributed by atoms with Crippen LogP contribution in [0.1, 0.15) is 30.2 Å². The second-order valence-electron chi connectivity index (χ2n) is 7.73. The maximum absolute atomic E-state index is 10.6. The summed E-state index contributed by atoms with van der Waals surface area (Å²) in [6.45, 7) is 2.70. The maximum Gasteiger partial charge on any atom is 0.153 e. The summed E-state index contributed by atoms with van der Waals surface area (Å²) in [5, 5.41) is 19.1. The lowest BCUT2D eigenvalue weighted by Gasteiger charge is -2.33. The third-order valence-corrected chi connectivity index (χ3v) is 5.85. The summed E-state index contributed by atoms with van der Waals surface area (Å²) in [5.74, 6) is 1.07. The van der Waals surface area contributed by atoms with Gasteiger partial charge in [0.2, 0.25) is 0 Å². The van der Waals surface area contributed by atoms with E-state index in [2.05, 4.69) is 32.2 Å². The van der Waals surface area contributed by atoms with Crippen molar-refractivity contribution in [3.63, 3.8) is 0 Å². The largest absolute Gasteiger partial charge is 0.454 e. The molecule has 2 N–H and O–H groups in total. The summed E-state index contributed by atoms with van der Waals surface area (Å²) in [6, 6.07) is 15.8. The molecule has 29 heavy (non-hydrogen) atoms. The van der Waals surface area contributed by atoms with E-state index < -0.39 is 6.10 Å². The minimum absolute atomic E-state index is 0.250. The Labute approximate surface area is 169 Å². The fourth-order valence-electron chi connectivity index (χ4n) is 4.21. The van der Waals surface area contributed by atoms with Gasteiger partial charge < -0.3 is 9.52 Å². The van der Waals surface area contributed by atoms with Gasteiger partial charge in [0.1, 0.15) is 11.3 Å². The number of aromatic nitrogens is 3. The summed E-state index contributed by atoms with van der Waals surface area (Å²) in [7, 11) is 0. The minimum atomic E-state index is -0.488. The van der Waals surface area contributed by atoms with Crippen LogP contribution in [-0.2, 0) is 6.54 Å². The van der Waals surface area contributed by atoms with Crippen LogP contribution in [0.2, 0.25) is 0 Å². The van der Waals surface area contributed by atoms with E-state index in [0.29, 0.717) is 0 Å². The van der Waals surface area contributed by atoms with Gasteiger partial charge in [0.15, 0.2) is 5.76 Å². The monoisotopic (exact) mass is 388 g/mol. The van der Waals surface area contributed by atoms with Gasteiger partial charge in [-0.1, -0.05) is 24.3 Å². The number of hydrogen-bond donors (Lipinski definition) is 2. The van der Waals surface area contributed by atoms with Crippen LogP contribution in [0.3, 0.4) is 0 Å². The molecule has 0 aliphatic carbocycles. The van der Waals surface area contributed by atoms with Gasteiger partial charge in [-0.25, -0.2) is 0 Å². The van der Waals surface area contributed by atoms with E-state index in [1.165, 1.54) is 0 Å². The van der Waals surface area contributed by atoms with Gasteiger partial charge in [-0.05, 0) is 56.1 Å². The SMILES string of the molecule is O[C@@H](c1ccccn1)C1CCN(Cc2cn[nH]c2-c2cc3ccccc3o2)CC1. The first-order valence-electron chi connectivity index (χ1n) is 10.1. The van der Waals surface area contributed by atoms with Crippen molar-refractivity contribution >= 4 is 11.0 Å². The van der Waals surface area contributed by atoms with Gasteiger partial charge >= 0.3 is 0 Å². The molecule has 0 radical (unpaired) electrons. The molecular formula is C23H24N4O2. The fraction of sp³-hybridized carbons (Fsp3) is 0.304. The van der Waals surface area contributed by atoms with Crippen molar-refractivity contribution < 1.29 is 9.52 Å². The Morgan fingerprint density at radius 3 is 2.76 bits per heavy atom. The average Bonchev–Trinajstić information content (AvgIpc) is 3.41. The number of furan rings is 1. The van der Waals surface area contributed by atoms with Gasteiger partial charge in [0.25, 0.3) is 0 Å². The Hall–Kier alpha value is -2.96. The van der Waals surface area contributed by atoms with E-state index in [9.17, 15) is 5.11 Å². The summed E-state index contributed by atoms with van der Waals surface area (Å²) in [4.78, 5) is 6.73. The molecule has 1 saturated heterocycles. The van der Waals surface area contributed by atoms with Crippen molar-refractivity contribution in [2.75, 3.05) is 13.1 Å². The molecule has 4 heterocycles. The van der Waals surface area contributed by atoms with Crippen LogP contribution in [0.5, 0.6) is 0 Å². The third-order valence-electron chi connectivity index (χ3n) is 5.85. The Kier molecular flexibility index (Phi) is 4.87. The summed E-state index contributed by atoms with van der Waals surface area (Å²) in [5.41, 5.74) is 3.73. The van der Waals surface area contributed by atoms with Gasteiger partial charge in [-0.15, -0.1) is 0 Å². The quantitative estimate of drug-likeness (QED) is 0.537. The van der Waals surface area contributed by atoms with Crippen LogP contribution in [0.25, 0.3) is 22.4 Å². The van der Waals surface area contributed by atoms with E-state index in [4.69, 9.17) is 4.42 Å². The fourth-order valence-corrected chi connectivity index (χ4v) is 4.21. The molecule has 1 fully saturated rings. The molecule has 3 aromatic heterocycles. The topological polar surface area (TPSA) is 78.2 Å². The Balaban J connectivity index is 1.25. The zero-order valence-electron chi connectivity index (χ0n) is 16.2. The number of rotatable bonds is 5. The Morgan fingerprint density at radius 2 is 1.97 bits per heavy atom. The number of para-hydroxylation sites is 1. The minimum Gasteiger partial charge on any atom is -0.454 e. The second-order valence-corrected chi connectivity index (χ2v) is 7.73. The Bertz CT molecular complexity index is 1050. The molecule has 1 aliphatic rings. The molecule has 1 aromatic carbocycles. The molecule has 1 atom stereocenters. The Morgan fingerprint density at radius 1 is 1.14 bits per heavy atom. The number of fused-ring (bicyclic) bond motifs is 1. The summed E-state index contributed by atoms with van der Waals surface area (Å²) < 4.78 is 6.01. The van der Waals surface area contributed by atoms with Crippen molar-refractivity contribution in [2.45, 2.75) is 25.5 Å². The number of pyridine rings is 1. The van der Waals surface area contributed by atoms with E-state index in [0.717, 1.165) is 66.2 Å². The number of piperidine rings is 1. The third kappa shape index (κ3) is 3.69.